The highest BCUT2D eigenvalue weighted by atomic mass is 16.6. The quantitative estimate of drug-likeness (QED) is 0.0451. The van der Waals surface area contributed by atoms with Crippen LogP contribution in [-0.2, 0) is 23.8 Å². The lowest BCUT2D eigenvalue weighted by Gasteiger charge is -2.18. The number of rotatable bonds is 52. The van der Waals surface area contributed by atoms with Crippen LogP contribution in [0.1, 0.15) is 316 Å². The molecule has 0 amide bonds. The standard InChI is InChI=1S/C55H108O5/c1-4-7-10-13-16-19-22-25-27-29-32-35-38-41-44-47-50-58-51-53(60-55(57)49-46-43-40-37-34-30-24-21-18-15-12-9-6-3)52-59-54(56)48-45-42-39-36-33-31-28-26-23-20-17-14-11-8-5-2/h53H,4-52H2,1-3H3. The van der Waals surface area contributed by atoms with Gasteiger partial charge >= 0.3 is 11.9 Å². The molecule has 0 saturated heterocycles. The fourth-order valence-corrected chi connectivity index (χ4v) is 8.51. The minimum atomic E-state index is -0.523. The fraction of sp³-hybridized carbons (Fsp3) is 0.964. The number of esters is 2. The Kier molecular flexibility index (Phi) is 51.3. The van der Waals surface area contributed by atoms with Crippen LogP contribution >= 0.6 is 0 Å². The lowest BCUT2D eigenvalue weighted by Crippen LogP contribution is -2.30. The predicted molar refractivity (Wildman–Crippen MR) is 261 cm³/mol. The van der Waals surface area contributed by atoms with Gasteiger partial charge in [-0.3, -0.25) is 9.59 Å². The molecule has 0 fully saturated rings. The van der Waals surface area contributed by atoms with E-state index in [1.165, 1.54) is 250 Å². The van der Waals surface area contributed by atoms with Crippen molar-refractivity contribution in [2.45, 2.75) is 322 Å². The van der Waals surface area contributed by atoms with E-state index in [9.17, 15) is 9.59 Å². The summed E-state index contributed by atoms with van der Waals surface area (Å²) < 4.78 is 17.5. The second-order valence-corrected chi connectivity index (χ2v) is 18.9. The van der Waals surface area contributed by atoms with Crippen LogP contribution in [-0.4, -0.2) is 37.9 Å². The largest absolute Gasteiger partial charge is 0.462 e. The van der Waals surface area contributed by atoms with Crippen molar-refractivity contribution in [2.24, 2.45) is 0 Å². The van der Waals surface area contributed by atoms with Gasteiger partial charge in [0.15, 0.2) is 6.10 Å². The van der Waals surface area contributed by atoms with E-state index in [-0.39, 0.29) is 18.5 Å². The van der Waals surface area contributed by atoms with Crippen LogP contribution in [0.3, 0.4) is 0 Å². The van der Waals surface area contributed by atoms with Crippen LogP contribution in [0.5, 0.6) is 0 Å². The molecule has 0 aromatic carbocycles. The zero-order valence-electron chi connectivity index (χ0n) is 41.3. The van der Waals surface area contributed by atoms with E-state index in [1.54, 1.807) is 0 Å². The number of hydrogen-bond acceptors (Lipinski definition) is 5. The summed E-state index contributed by atoms with van der Waals surface area (Å²) >= 11 is 0. The predicted octanol–water partition coefficient (Wildman–Crippen LogP) is 18.5. The Morgan fingerprint density at radius 2 is 0.550 bits per heavy atom. The van der Waals surface area contributed by atoms with Crippen LogP contribution < -0.4 is 0 Å². The Morgan fingerprint density at radius 1 is 0.300 bits per heavy atom. The Balaban J connectivity index is 4.17. The maximum Gasteiger partial charge on any atom is 0.306 e. The zero-order valence-corrected chi connectivity index (χ0v) is 41.3. The van der Waals surface area contributed by atoms with Gasteiger partial charge in [0, 0.05) is 19.4 Å². The summed E-state index contributed by atoms with van der Waals surface area (Å²) in [6.07, 6.45) is 58.2. The maximum absolute atomic E-state index is 12.8. The van der Waals surface area contributed by atoms with Gasteiger partial charge in [-0.1, -0.05) is 284 Å². The van der Waals surface area contributed by atoms with E-state index in [1.807, 2.05) is 0 Å². The Bertz CT molecular complexity index is 830. The van der Waals surface area contributed by atoms with E-state index in [4.69, 9.17) is 14.2 Å². The van der Waals surface area contributed by atoms with E-state index in [2.05, 4.69) is 20.8 Å². The molecule has 0 N–H and O–H groups in total. The summed E-state index contributed by atoms with van der Waals surface area (Å²) in [6.45, 7) is 7.92. The minimum Gasteiger partial charge on any atom is -0.462 e. The Hall–Kier alpha value is -1.10. The van der Waals surface area contributed by atoms with Crippen LogP contribution in [0.25, 0.3) is 0 Å². The SMILES string of the molecule is CCCCCCCCCCCCCCCCCCOCC(COC(=O)CCCCCCCCCCCCCCCCC)OC(=O)CCCCCCCCCCCCCCC. The van der Waals surface area contributed by atoms with Gasteiger partial charge in [-0.25, -0.2) is 0 Å². The number of ether oxygens (including phenoxy) is 3. The summed E-state index contributed by atoms with van der Waals surface area (Å²) in [7, 11) is 0. The lowest BCUT2D eigenvalue weighted by molar-refractivity contribution is -0.163. The zero-order chi connectivity index (χ0) is 43.5. The highest BCUT2D eigenvalue weighted by molar-refractivity contribution is 5.70. The molecule has 5 heteroatoms. The minimum absolute atomic E-state index is 0.0981. The summed E-state index contributed by atoms with van der Waals surface area (Å²) in [5.41, 5.74) is 0. The fourth-order valence-electron chi connectivity index (χ4n) is 8.51. The van der Waals surface area contributed by atoms with Crippen molar-refractivity contribution in [1.29, 1.82) is 0 Å². The molecule has 0 radical (unpaired) electrons. The molecule has 0 saturated carbocycles. The maximum atomic E-state index is 12.8. The molecule has 0 aliphatic carbocycles. The van der Waals surface area contributed by atoms with Crippen LogP contribution in [0.4, 0.5) is 0 Å². The van der Waals surface area contributed by atoms with Crippen molar-refractivity contribution >= 4 is 11.9 Å². The van der Waals surface area contributed by atoms with Crippen LogP contribution in [0, 0.1) is 0 Å². The van der Waals surface area contributed by atoms with Crippen molar-refractivity contribution in [1.82, 2.24) is 0 Å². The summed E-state index contributed by atoms with van der Waals surface area (Å²) in [4.78, 5) is 25.4. The first kappa shape index (κ1) is 58.9. The topological polar surface area (TPSA) is 61.8 Å². The van der Waals surface area contributed by atoms with E-state index in [0.717, 1.165) is 32.1 Å². The Labute approximate surface area is 376 Å². The molecule has 358 valence electrons. The van der Waals surface area contributed by atoms with Crippen molar-refractivity contribution < 1.29 is 23.8 Å². The molecule has 0 aromatic heterocycles. The molecular weight excluding hydrogens is 741 g/mol. The van der Waals surface area contributed by atoms with Gasteiger partial charge in [-0.05, 0) is 19.3 Å². The molecule has 0 aliphatic heterocycles. The third kappa shape index (κ3) is 49.6. The van der Waals surface area contributed by atoms with Gasteiger partial charge < -0.3 is 14.2 Å². The monoisotopic (exact) mass is 849 g/mol. The summed E-state index contributed by atoms with van der Waals surface area (Å²) in [6, 6.07) is 0. The van der Waals surface area contributed by atoms with E-state index < -0.39 is 6.10 Å². The van der Waals surface area contributed by atoms with Crippen LogP contribution in [0.2, 0.25) is 0 Å². The second-order valence-electron chi connectivity index (χ2n) is 18.9. The first-order valence-electron chi connectivity index (χ1n) is 27.6. The van der Waals surface area contributed by atoms with Gasteiger partial charge in [0.25, 0.3) is 0 Å². The molecule has 0 bridgehead atoms. The third-order valence-corrected chi connectivity index (χ3v) is 12.6. The Morgan fingerprint density at radius 3 is 0.850 bits per heavy atom. The molecule has 1 unspecified atom stereocenters. The first-order valence-corrected chi connectivity index (χ1v) is 27.6. The highest BCUT2D eigenvalue weighted by Crippen LogP contribution is 2.17. The van der Waals surface area contributed by atoms with Gasteiger partial charge in [0.05, 0.1) is 6.61 Å². The van der Waals surface area contributed by atoms with Gasteiger partial charge in [0.2, 0.25) is 0 Å². The molecule has 0 spiro atoms. The lowest BCUT2D eigenvalue weighted by atomic mass is 10.0. The average Bonchev–Trinajstić information content (AvgIpc) is 3.25. The molecule has 5 nitrogen and oxygen atoms in total. The number of carbonyl (C=O) groups excluding carboxylic acids is 2. The summed E-state index contributed by atoms with van der Waals surface area (Å²) in [5, 5.41) is 0. The molecule has 60 heavy (non-hydrogen) atoms. The first-order chi connectivity index (χ1) is 29.6. The molecule has 0 heterocycles. The molecular formula is C55H108O5. The average molecular weight is 849 g/mol. The van der Waals surface area contributed by atoms with Crippen molar-refractivity contribution in [2.75, 3.05) is 19.8 Å². The number of unbranched alkanes of at least 4 members (excludes halogenated alkanes) is 41. The number of hydrogen-bond donors (Lipinski definition) is 0. The van der Waals surface area contributed by atoms with Gasteiger partial charge in [-0.2, -0.15) is 0 Å². The summed E-state index contributed by atoms with van der Waals surface area (Å²) in [5.74, 6) is -0.368. The van der Waals surface area contributed by atoms with Crippen molar-refractivity contribution in [3.05, 3.63) is 0 Å². The van der Waals surface area contributed by atoms with Crippen LogP contribution in [0.15, 0.2) is 0 Å². The number of carbonyl (C=O) groups is 2. The smallest absolute Gasteiger partial charge is 0.306 e. The highest BCUT2D eigenvalue weighted by Gasteiger charge is 2.17. The molecule has 0 aromatic rings. The third-order valence-electron chi connectivity index (χ3n) is 12.6. The van der Waals surface area contributed by atoms with Crippen molar-refractivity contribution in [3.8, 4) is 0 Å². The van der Waals surface area contributed by atoms with Crippen molar-refractivity contribution in [3.63, 3.8) is 0 Å². The molecule has 1 atom stereocenters. The normalized spacial score (nSPS) is 12.0. The van der Waals surface area contributed by atoms with Gasteiger partial charge in [-0.15, -0.1) is 0 Å². The molecule has 0 rings (SSSR count). The van der Waals surface area contributed by atoms with Gasteiger partial charge in [0.1, 0.15) is 6.61 Å². The second kappa shape index (κ2) is 52.2. The molecule has 0 aliphatic rings. The van der Waals surface area contributed by atoms with E-state index in [0.29, 0.717) is 26.1 Å². The van der Waals surface area contributed by atoms with E-state index >= 15 is 0 Å².